The van der Waals surface area contributed by atoms with Crippen LogP contribution in [0, 0.1) is 0 Å². The summed E-state index contributed by atoms with van der Waals surface area (Å²) in [7, 11) is 0. The standard InChI is InChI=1S/C24H19Cl2NO4/c25-18-12-10-17(11-13-18)24(23(30)16-6-2-1-3-7-16)31-22(29)15-14-21(28)27-20-9-5-4-8-19(20)26/h1-13,24H,14-15H2,(H,27,28)/t24-/m1/s1. The Morgan fingerprint density at radius 1 is 0.806 bits per heavy atom. The molecule has 1 amide bonds. The number of hydrogen-bond acceptors (Lipinski definition) is 4. The highest BCUT2D eigenvalue weighted by atomic mass is 35.5. The van der Waals surface area contributed by atoms with Crippen molar-refractivity contribution in [2.75, 3.05) is 5.32 Å². The molecule has 3 aromatic rings. The number of carbonyl (C=O) groups excluding carboxylic acids is 3. The number of hydrogen-bond donors (Lipinski definition) is 1. The van der Waals surface area contributed by atoms with E-state index >= 15 is 0 Å². The van der Waals surface area contributed by atoms with Gasteiger partial charge in [0.1, 0.15) is 0 Å². The minimum atomic E-state index is -1.14. The first kappa shape index (κ1) is 22.5. The van der Waals surface area contributed by atoms with Crippen LogP contribution in [0.5, 0.6) is 0 Å². The van der Waals surface area contributed by atoms with Crippen molar-refractivity contribution < 1.29 is 19.1 Å². The van der Waals surface area contributed by atoms with Crippen molar-refractivity contribution in [3.8, 4) is 0 Å². The minimum absolute atomic E-state index is 0.114. The second-order valence-electron chi connectivity index (χ2n) is 6.68. The van der Waals surface area contributed by atoms with E-state index in [1.54, 1.807) is 78.9 Å². The molecular formula is C24H19Cl2NO4. The second-order valence-corrected chi connectivity index (χ2v) is 7.52. The van der Waals surface area contributed by atoms with Gasteiger partial charge in [-0.3, -0.25) is 14.4 Å². The van der Waals surface area contributed by atoms with E-state index < -0.39 is 12.1 Å². The van der Waals surface area contributed by atoms with Crippen LogP contribution in [-0.4, -0.2) is 17.7 Å². The molecular weight excluding hydrogens is 437 g/mol. The highest BCUT2D eigenvalue weighted by Crippen LogP contribution is 2.25. The molecule has 0 saturated heterocycles. The summed E-state index contributed by atoms with van der Waals surface area (Å²) in [6.45, 7) is 0. The molecule has 0 radical (unpaired) electrons. The van der Waals surface area contributed by atoms with Crippen molar-refractivity contribution >= 4 is 46.5 Å². The molecule has 0 saturated carbocycles. The number of esters is 1. The molecule has 0 bridgehead atoms. The van der Waals surface area contributed by atoms with Crippen molar-refractivity contribution in [1.29, 1.82) is 0 Å². The van der Waals surface area contributed by atoms with Gasteiger partial charge in [-0.05, 0) is 24.3 Å². The zero-order valence-electron chi connectivity index (χ0n) is 16.4. The van der Waals surface area contributed by atoms with Crippen molar-refractivity contribution in [2.24, 2.45) is 0 Å². The number of halogens is 2. The Balaban J connectivity index is 1.66. The van der Waals surface area contributed by atoms with E-state index in [1.165, 1.54) is 0 Å². The van der Waals surface area contributed by atoms with E-state index in [4.69, 9.17) is 27.9 Å². The maximum absolute atomic E-state index is 13.0. The van der Waals surface area contributed by atoms with Crippen LogP contribution < -0.4 is 5.32 Å². The van der Waals surface area contributed by atoms with E-state index in [0.29, 0.717) is 26.9 Å². The summed E-state index contributed by atoms with van der Waals surface area (Å²) in [5.41, 5.74) is 1.36. The SMILES string of the molecule is O=C(CCC(=O)O[C@@H](C(=O)c1ccccc1)c1ccc(Cl)cc1)Nc1ccccc1Cl. The molecule has 0 unspecified atom stereocenters. The molecule has 0 aliphatic carbocycles. The van der Waals surface area contributed by atoms with Gasteiger partial charge in [-0.1, -0.05) is 77.8 Å². The first-order valence-corrected chi connectivity index (χ1v) is 10.3. The summed E-state index contributed by atoms with van der Waals surface area (Å²) in [4.78, 5) is 37.6. The molecule has 158 valence electrons. The molecule has 0 aliphatic rings. The Hall–Kier alpha value is -3.15. The highest BCUT2D eigenvalue weighted by molar-refractivity contribution is 6.33. The number of nitrogens with one attached hydrogen (secondary N) is 1. The monoisotopic (exact) mass is 455 g/mol. The molecule has 1 atom stereocenters. The highest BCUT2D eigenvalue weighted by Gasteiger charge is 2.26. The minimum Gasteiger partial charge on any atom is -0.449 e. The summed E-state index contributed by atoms with van der Waals surface area (Å²) in [6, 6.07) is 21.8. The largest absolute Gasteiger partial charge is 0.449 e. The molecule has 0 heterocycles. The smallest absolute Gasteiger partial charge is 0.307 e. The van der Waals surface area contributed by atoms with Gasteiger partial charge in [0.15, 0.2) is 6.10 Å². The van der Waals surface area contributed by atoms with Gasteiger partial charge < -0.3 is 10.1 Å². The first-order chi connectivity index (χ1) is 14.9. The molecule has 3 aromatic carbocycles. The van der Waals surface area contributed by atoms with Crippen molar-refractivity contribution in [3.05, 3.63) is 100 Å². The van der Waals surface area contributed by atoms with Crippen LogP contribution in [0.1, 0.15) is 34.9 Å². The van der Waals surface area contributed by atoms with Crippen molar-refractivity contribution in [2.45, 2.75) is 18.9 Å². The Labute approximate surface area is 189 Å². The lowest BCUT2D eigenvalue weighted by Gasteiger charge is -2.17. The van der Waals surface area contributed by atoms with E-state index in [2.05, 4.69) is 5.32 Å². The number of ketones is 1. The number of carbonyl (C=O) groups is 3. The van der Waals surface area contributed by atoms with Crippen LogP contribution in [0.25, 0.3) is 0 Å². The van der Waals surface area contributed by atoms with E-state index in [0.717, 1.165) is 0 Å². The topological polar surface area (TPSA) is 72.5 Å². The van der Waals surface area contributed by atoms with Gasteiger partial charge in [0.25, 0.3) is 0 Å². The lowest BCUT2D eigenvalue weighted by Crippen LogP contribution is -2.21. The number of anilines is 1. The normalized spacial score (nSPS) is 11.4. The quantitative estimate of drug-likeness (QED) is 0.340. The van der Waals surface area contributed by atoms with E-state index in [9.17, 15) is 14.4 Å². The third-order valence-electron chi connectivity index (χ3n) is 4.42. The van der Waals surface area contributed by atoms with Gasteiger partial charge in [0.2, 0.25) is 11.7 Å². The van der Waals surface area contributed by atoms with Gasteiger partial charge in [-0.2, -0.15) is 0 Å². The summed E-state index contributed by atoms with van der Waals surface area (Å²) in [5.74, 6) is -1.42. The predicted molar refractivity (Wildman–Crippen MR) is 120 cm³/mol. The fourth-order valence-electron chi connectivity index (χ4n) is 2.85. The Bertz CT molecular complexity index is 1070. The Kier molecular flexibility index (Phi) is 7.82. The first-order valence-electron chi connectivity index (χ1n) is 9.52. The summed E-state index contributed by atoms with van der Waals surface area (Å²) in [6.07, 6.45) is -1.45. The van der Waals surface area contributed by atoms with E-state index in [1.807, 2.05) is 0 Å². The van der Waals surface area contributed by atoms with Crippen LogP contribution in [-0.2, 0) is 14.3 Å². The number of Topliss-reactive ketones (excluding diaryl/α,β-unsaturated/α-hetero) is 1. The maximum atomic E-state index is 13.0. The summed E-state index contributed by atoms with van der Waals surface area (Å²) in [5, 5.41) is 3.54. The summed E-state index contributed by atoms with van der Waals surface area (Å²) < 4.78 is 5.48. The average molecular weight is 456 g/mol. The average Bonchev–Trinajstić information content (AvgIpc) is 2.78. The predicted octanol–water partition coefficient (Wildman–Crippen LogP) is 5.88. The fraction of sp³-hybridized carbons (Fsp3) is 0.125. The molecule has 7 heteroatoms. The fourth-order valence-corrected chi connectivity index (χ4v) is 3.15. The van der Waals surface area contributed by atoms with Crippen LogP contribution in [0.4, 0.5) is 5.69 Å². The van der Waals surface area contributed by atoms with Gasteiger partial charge in [0, 0.05) is 22.6 Å². The number of benzene rings is 3. The zero-order valence-corrected chi connectivity index (χ0v) is 17.9. The molecule has 0 aromatic heterocycles. The molecule has 31 heavy (non-hydrogen) atoms. The van der Waals surface area contributed by atoms with Gasteiger partial charge >= 0.3 is 5.97 Å². The van der Waals surface area contributed by atoms with Crippen LogP contribution in [0.3, 0.4) is 0 Å². The second kappa shape index (κ2) is 10.8. The van der Waals surface area contributed by atoms with Crippen LogP contribution in [0.2, 0.25) is 10.0 Å². The Morgan fingerprint density at radius 3 is 2.13 bits per heavy atom. The lowest BCUT2D eigenvalue weighted by atomic mass is 10.00. The van der Waals surface area contributed by atoms with Gasteiger partial charge in [-0.15, -0.1) is 0 Å². The number of amides is 1. The number of para-hydroxylation sites is 1. The van der Waals surface area contributed by atoms with E-state index in [-0.39, 0.29) is 24.5 Å². The Morgan fingerprint density at radius 2 is 1.45 bits per heavy atom. The van der Waals surface area contributed by atoms with Gasteiger partial charge in [0.05, 0.1) is 17.1 Å². The molecule has 1 N–H and O–H groups in total. The van der Waals surface area contributed by atoms with Gasteiger partial charge in [-0.25, -0.2) is 0 Å². The molecule has 5 nitrogen and oxygen atoms in total. The maximum Gasteiger partial charge on any atom is 0.307 e. The number of ether oxygens (including phenoxy) is 1. The third-order valence-corrected chi connectivity index (χ3v) is 5.00. The lowest BCUT2D eigenvalue weighted by molar-refractivity contribution is -0.148. The zero-order chi connectivity index (χ0) is 22.2. The van der Waals surface area contributed by atoms with Crippen LogP contribution >= 0.6 is 23.2 Å². The summed E-state index contributed by atoms with van der Waals surface area (Å²) >= 11 is 12.0. The van der Waals surface area contributed by atoms with Crippen molar-refractivity contribution in [1.82, 2.24) is 0 Å². The molecule has 3 rings (SSSR count). The third kappa shape index (κ3) is 6.41. The number of rotatable bonds is 8. The molecule has 0 spiro atoms. The van der Waals surface area contributed by atoms with Crippen molar-refractivity contribution in [3.63, 3.8) is 0 Å². The molecule has 0 aliphatic heterocycles. The molecule has 0 fully saturated rings. The van der Waals surface area contributed by atoms with Crippen LogP contribution in [0.15, 0.2) is 78.9 Å².